The SMILES string of the molecule is Cc1ccc(S(=O)(=O)N2CCCCC2CCl)cc1. The molecule has 100 valence electrons. The lowest BCUT2D eigenvalue weighted by Crippen LogP contribution is -2.44. The molecule has 0 bridgehead atoms. The van der Waals surface area contributed by atoms with Crippen LogP contribution in [0.5, 0.6) is 0 Å². The summed E-state index contributed by atoms with van der Waals surface area (Å²) >= 11 is 5.89. The number of piperidine rings is 1. The third kappa shape index (κ3) is 2.71. The van der Waals surface area contributed by atoms with Gasteiger partial charge >= 0.3 is 0 Å². The van der Waals surface area contributed by atoms with Crippen molar-refractivity contribution in [2.45, 2.75) is 37.1 Å². The minimum absolute atomic E-state index is 0.0632. The molecule has 0 N–H and O–H groups in total. The average Bonchev–Trinajstić information content (AvgIpc) is 2.39. The fourth-order valence-corrected chi connectivity index (χ4v) is 4.39. The number of halogens is 1. The topological polar surface area (TPSA) is 37.4 Å². The van der Waals surface area contributed by atoms with E-state index in [4.69, 9.17) is 11.6 Å². The van der Waals surface area contributed by atoms with E-state index in [-0.39, 0.29) is 6.04 Å². The van der Waals surface area contributed by atoms with Crippen LogP contribution in [0, 0.1) is 6.92 Å². The van der Waals surface area contributed by atoms with Crippen LogP contribution in [0.4, 0.5) is 0 Å². The number of nitrogens with zero attached hydrogens (tertiary/aromatic N) is 1. The predicted molar refractivity (Wildman–Crippen MR) is 73.4 cm³/mol. The second-order valence-corrected chi connectivity index (χ2v) is 6.93. The van der Waals surface area contributed by atoms with Crippen molar-refractivity contribution in [2.24, 2.45) is 0 Å². The molecule has 0 saturated carbocycles. The molecule has 5 heteroatoms. The molecule has 1 atom stereocenters. The van der Waals surface area contributed by atoms with Crippen LogP contribution in [0.3, 0.4) is 0 Å². The molecule has 0 amide bonds. The summed E-state index contributed by atoms with van der Waals surface area (Å²) in [5.41, 5.74) is 1.06. The Labute approximate surface area is 114 Å². The summed E-state index contributed by atoms with van der Waals surface area (Å²) < 4.78 is 26.6. The Morgan fingerprint density at radius 3 is 2.56 bits per heavy atom. The molecule has 2 rings (SSSR count). The molecule has 0 aromatic heterocycles. The largest absolute Gasteiger partial charge is 0.243 e. The lowest BCUT2D eigenvalue weighted by atomic mass is 10.1. The van der Waals surface area contributed by atoms with E-state index in [2.05, 4.69) is 0 Å². The van der Waals surface area contributed by atoms with Gasteiger partial charge in [0.25, 0.3) is 0 Å². The van der Waals surface area contributed by atoms with E-state index in [0.717, 1.165) is 24.8 Å². The lowest BCUT2D eigenvalue weighted by Gasteiger charge is -2.33. The van der Waals surface area contributed by atoms with Crippen molar-refractivity contribution in [1.29, 1.82) is 0 Å². The van der Waals surface area contributed by atoms with Crippen molar-refractivity contribution in [3.05, 3.63) is 29.8 Å². The zero-order chi connectivity index (χ0) is 13.2. The number of rotatable bonds is 3. The van der Waals surface area contributed by atoms with E-state index < -0.39 is 10.0 Å². The molecule has 0 radical (unpaired) electrons. The Kier molecular flexibility index (Phi) is 4.30. The van der Waals surface area contributed by atoms with Crippen molar-refractivity contribution in [2.75, 3.05) is 12.4 Å². The highest BCUT2D eigenvalue weighted by atomic mass is 35.5. The third-order valence-electron chi connectivity index (χ3n) is 3.38. The zero-order valence-electron chi connectivity index (χ0n) is 10.5. The highest BCUT2D eigenvalue weighted by Gasteiger charge is 2.32. The Bertz CT molecular complexity index is 498. The Balaban J connectivity index is 2.32. The van der Waals surface area contributed by atoms with Crippen LogP contribution < -0.4 is 0 Å². The van der Waals surface area contributed by atoms with Crippen molar-refractivity contribution >= 4 is 21.6 Å². The van der Waals surface area contributed by atoms with Crippen LogP contribution in [0.1, 0.15) is 24.8 Å². The van der Waals surface area contributed by atoms with Gasteiger partial charge in [-0.3, -0.25) is 0 Å². The van der Waals surface area contributed by atoms with Crippen molar-refractivity contribution < 1.29 is 8.42 Å². The Hall–Kier alpha value is -0.580. The van der Waals surface area contributed by atoms with Gasteiger partial charge in [0.05, 0.1) is 4.90 Å². The average molecular weight is 288 g/mol. The summed E-state index contributed by atoms with van der Waals surface area (Å²) in [6.45, 7) is 2.52. The summed E-state index contributed by atoms with van der Waals surface area (Å²) in [7, 11) is -3.39. The van der Waals surface area contributed by atoms with Gasteiger partial charge in [0.2, 0.25) is 10.0 Å². The van der Waals surface area contributed by atoms with E-state index in [1.54, 1.807) is 16.4 Å². The maximum absolute atomic E-state index is 12.5. The van der Waals surface area contributed by atoms with Gasteiger partial charge in [-0.05, 0) is 31.9 Å². The monoisotopic (exact) mass is 287 g/mol. The van der Waals surface area contributed by atoms with E-state index in [0.29, 0.717) is 17.3 Å². The summed E-state index contributed by atoms with van der Waals surface area (Å²) in [6.07, 6.45) is 2.82. The minimum Gasteiger partial charge on any atom is -0.207 e. The Morgan fingerprint density at radius 1 is 1.28 bits per heavy atom. The summed E-state index contributed by atoms with van der Waals surface area (Å²) in [5.74, 6) is 0.366. The van der Waals surface area contributed by atoms with Crippen molar-refractivity contribution in [3.8, 4) is 0 Å². The maximum Gasteiger partial charge on any atom is 0.243 e. The number of sulfonamides is 1. The molecule has 3 nitrogen and oxygen atoms in total. The van der Waals surface area contributed by atoms with Crippen LogP contribution in [0.2, 0.25) is 0 Å². The van der Waals surface area contributed by atoms with Gasteiger partial charge in [-0.15, -0.1) is 11.6 Å². The molecular weight excluding hydrogens is 270 g/mol. The Morgan fingerprint density at radius 2 is 1.94 bits per heavy atom. The molecule has 1 aliphatic rings. The minimum atomic E-state index is -3.39. The first-order valence-electron chi connectivity index (χ1n) is 6.20. The van der Waals surface area contributed by atoms with Gasteiger partial charge in [0.1, 0.15) is 0 Å². The second-order valence-electron chi connectivity index (χ2n) is 4.73. The first kappa shape index (κ1) is 13.8. The molecule has 1 aromatic carbocycles. The number of hydrogen-bond acceptors (Lipinski definition) is 2. The standard InChI is InChI=1S/C13H18ClNO2S/c1-11-5-7-13(8-6-11)18(16,17)15-9-3-2-4-12(15)10-14/h5-8,12H,2-4,9-10H2,1H3. The first-order chi connectivity index (χ1) is 8.55. The molecular formula is C13H18ClNO2S. The number of alkyl halides is 1. The maximum atomic E-state index is 12.5. The van der Waals surface area contributed by atoms with E-state index >= 15 is 0 Å². The summed E-state index contributed by atoms with van der Waals surface area (Å²) in [6, 6.07) is 6.93. The van der Waals surface area contributed by atoms with Gasteiger partial charge < -0.3 is 0 Å². The molecule has 0 aliphatic carbocycles. The first-order valence-corrected chi connectivity index (χ1v) is 8.17. The molecule has 1 saturated heterocycles. The molecule has 1 aliphatic heterocycles. The van der Waals surface area contributed by atoms with Crippen molar-refractivity contribution in [3.63, 3.8) is 0 Å². The molecule has 0 spiro atoms. The lowest BCUT2D eigenvalue weighted by molar-refractivity contribution is 0.271. The second kappa shape index (κ2) is 5.59. The fourth-order valence-electron chi connectivity index (χ4n) is 2.29. The zero-order valence-corrected chi connectivity index (χ0v) is 12.0. The highest BCUT2D eigenvalue weighted by molar-refractivity contribution is 7.89. The molecule has 1 fully saturated rings. The number of aryl methyl sites for hydroxylation is 1. The van der Waals surface area contributed by atoms with Gasteiger partial charge in [-0.25, -0.2) is 8.42 Å². The van der Waals surface area contributed by atoms with Crippen LogP contribution in [0.25, 0.3) is 0 Å². The van der Waals surface area contributed by atoms with Gasteiger partial charge in [-0.2, -0.15) is 4.31 Å². The van der Waals surface area contributed by atoms with E-state index in [1.165, 1.54) is 0 Å². The molecule has 1 unspecified atom stereocenters. The summed E-state index contributed by atoms with van der Waals surface area (Å²) in [4.78, 5) is 0.366. The van der Waals surface area contributed by atoms with Crippen LogP contribution >= 0.6 is 11.6 Å². The molecule has 18 heavy (non-hydrogen) atoms. The summed E-state index contributed by atoms with van der Waals surface area (Å²) in [5, 5.41) is 0. The van der Waals surface area contributed by atoms with Gasteiger partial charge in [-0.1, -0.05) is 24.1 Å². The van der Waals surface area contributed by atoms with Gasteiger partial charge in [0.15, 0.2) is 0 Å². The molecule has 1 aromatic rings. The van der Waals surface area contributed by atoms with Crippen molar-refractivity contribution in [1.82, 2.24) is 4.31 Å². The smallest absolute Gasteiger partial charge is 0.207 e. The van der Waals surface area contributed by atoms with Crippen LogP contribution in [-0.2, 0) is 10.0 Å². The van der Waals surface area contributed by atoms with Crippen LogP contribution in [0.15, 0.2) is 29.2 Å². The fraction of sp³-hybridized carbons (Fsp3) is 0.538. The normalized spacial score (nSPS) is 22.0. The third-order valence-corrected chi connectivity index (χ3v) is 5.70. The van der Waals surface area contributed by atoms with E-state index in [9.17, 15) is 8.42 Å². The van der Waals surface area contributed by atoms with Gasteiger partial charge in [0, 0.05) is 18.5 Å². The quantitative estimate of drug-likeness (QED) is 0.802. The predicted octanol–water partition coefficient (Wildman–Crippen LogP) is 2.78. The van der Waals surface area contributed by atoms with E-state index in [1.807, 2.05) is 19.1 Å². The highest BCUT2D eigenvalue weighted by Crippen LogP contribution is 2.26. The number of hydrogen-bond donors (Lipinski definition) is 0. The molecule has 1 heterocycles. The number of benzene rings is 1. The van der Waals surface area contributed by atoms with Crippen LogP contribution in [-0.4, -0.2) is 31.2 Å².